The number of halogens is 1. The number of anilines is 3. The number of hydrogen-bond donors (Lipinski definition) is 0. The van der Waals surface area contributed by atoms with Crippen LogP contribution < -0.4 is 14.5 Å². The van der Waals surface area contributed by atoms with Crippen molar-refractivity contribution < 1.29 is 13.6 Å². The molecule has 0 unspecified atom stereocenters. The molecule has 10 heteroatoms. The topological polar surface area (TPSA) is 76.4 Å². The number of rotatable bonds is 4. The molecule has 0 saturated carbocycles. The third kappa shape index (κ3) is 3.43. The van der Waals surface area contributed by atoms with Gasteiger partial charge in [0.1, 0.15) is 10.9 Å². The van der Waals surface area contributed by atoms with E-state index >= 15 is 0 Å². The summed E-state index contributed by atoms with van der Waals surface area (Å²) in [6.45, 7) is 0.185. The fourth-order valence-corrected chi connectivity index (χ4v) is 4.31. The van der Waals surface area contributed by atoms with E-state index in [-0.39, 0.29) is 23.5 Å². The second-order valence-corrected chi connectivity index (χ2v) is 8.28. The Morgan fingerprint density at radius 3 is 2.69 bits per heavy atom. The third-order valence-corrected chi connectivity index (χ3v) is 6.03. The first-order valence-electron chi connectivity index (χ1n) is 11.1. The molecule has 8 nitrogen and oxygen atoms in total. The zero-order valence-corrected chi connectivity index (χ0v) is 18.7. The summed E-state index contributed by atoms with van der Waals surface area (Å²) in [5, 5.41) is 5.97. The van der Waals surface area contributed by atoms with Gasteiger partial charge in [0.2, 0.25) is 0 Å². The van der Waals surface area contributed by atoms with Gasteiger partial charge >= 0.3 is 6.03 Å². The lowest BCUT2D eigenvalue weighted by Gasteiger charge is -2.36. The Bertz CT molecular complexity index is 1440. The standard InChI is InChI=1S/C22H19ClN6O2S/c1-27-11-13-10-15(6-9-18(13)26-27)28-12-17-19(23)24-21(32-3)25-20(17)29(22(28)30)14-4-7-16(31-2)8-5-14/h4-11H,12H2,1-3H3/i2D3. The highest BCUT2D eigenvalue weighted by Gasteiger charge is 2.36. The van der Waals surface area contributed by atoms with Crippen LogP contribution in [0.1, 0.15) is 9.68 Å². The molecule has 2 aromatic heterocycles. The molecule has 5 rings (SSSR count). The largest absolute Gasteiger partial charge is 0.497 e. The molecule has 0 aliphatic carbocycles. The van der Waals surface area contributed by atoms with Crippen LogP contribution in [0.25, 0.3) is 10.9 Å². The second-order valence-electron chi connectivity index (χ2n) is 7.15. The molecule has 0 atom stereocenters. The summed E-state index contributed by atoms with van der Waals surface area (Å²) < 4.78 is 28.6. The van der Waals surface area contributed by atoms with Crippen LogP contribution in [0.5, 0.6) is 5.75 Å². The smallest absolute Gasteiger partial charge is 0.335 e. The van der Waals surface area contributed by atoms with Crippen LogP contribution in [-0.4, -0.2) is 39.1 Å². The molecule has 2 aromatic carbocycles. The van der Waals surface area contributed by atoms with Crippen LogP contribution in [0.4, 0.5) is 22.0 Å². The van der Waals surface area contributed by atoms with Crippen LogP contribution in [0.15, 0.2) is 53.8 Å². The van der Waals surface area contributed by atoms with Crippen LogP contribution in [0.2, 0.25) is 5.15 Å². The van der Waals surface area contributed by atoms with Crippen molar-refractivity contribution in [2.24, 2.45) is 7.05 Å². The van der Waals surface area contributed by atoms with E-state index < -0.39 is 7.04 Å². The fourth-order valence-electron chi connectivity index (χ4n) is 3.68. The van der Waals surface area contributed by atoms with Gasteiger partial charge in [0.25, 0.3) is 0 Å². The van der Waals surface area contributed by atoms with E-state index in [2.05, 4.69) is 15.1 Å². The van der Waals surface area contributed by atoms with Gasteiger partial charge in [-0.25, -0.2) is 19.7 Å². The highest BCUT2D eigenvalue weighted by molar-refractivity contribution is 7.98. The van der Waals surface area contributed by atoms with Crippen molar-refractivity contribution in [3.8, 4) is 5.75 Å². The predicted molar refractivity (Wildman–Crippen MR) is 126 cm³/mol. The van der Waals surface area contributed by atoms with Gasteiger partial charge in [-0.05, 0) is 48.7 Å². The molecule has 32 heavy (non-hydrogen) atoms. The lowest BCUT2D eigenvalue weighted by Crippen LogP contribution is -2.45. The van der Waals surface area contributed by atoms with Gasteiger partial charge < -0.3 is 4.74 Å². The Balaban J connectivity index is 1.61. The minimum Gasteiger partial charge on any atom is -0.497 e. The van der Waals surface area contributed by atoms with Crippen molar-refractivity contribution in [1.82, 2.24) is 19.7 Å². The van der Waals surface area contributed by atoms with Crippen LogP contribution >= 0.6 is 23.4 Å². The zero-order chi connectivity index (χ0) is 24.9. The predicted octanol–water partition coefficient (Wildman–Crippen LogP) is 5.03. The van der Waals surface area contributed by atoms with E-state index in [0.29, 0.717) is 27.9 Å². The molecule has 3 heterocycles. The average molecular weight is 470 g/mol. The van der Waals surface area contributed by atoms with Gasteiger partial charge in [0.05, 0.1) is 34.5 Å². The summed E-state index contributed by atoms with van der Waals surface area (Å²) >= 11 is 7.86. The van der Waals surface area contributed by atoms with Gasteiger partial charge in [-0.1, -0.05) is 23.4 Å². The molecule has 1 aliphatic heterocycles. The number of fused-ring (bicyclic) bond motifs is 2. The van der Waals surface area contributed by atoms with Crippen molar-refractivity contribution in [1.29, 1.82) is 0 Å². The summed E-state index contributed by atoms with van der Waals surface area (Å²) in [5.41, 5.74) is 2.55. The quantitative estimate of drug-likeness (QED) is 0.237. The van der Waals surface area contributed by atoms with Crippen molar-refractivity contribution in [2.45, 2.75) is 11.7 Å². The number of thioether (sulfide) groups is 1. The Kier molecular flexibility index (Phi) is 4.32. The number of carbonyl (C=O) groups is 1. The molecule has 0 radical (unpaired) electrons. The fraction of sp³-hybridized carbons (Fsp3) is 0.182. The monoisotopic (exact) mass is 469 g/mol. The molecule has 0 saturated heterocycles. The number of carbonyl (C=O) groups excluding carboxylic acids is 1. The minimum absolute atomic E-state index is 0.155. The number of benzene rings is 2. The first-order chi connectivity index (χ1) is 16.6. The molecule has 0 bridgehead atoms. The van der Waals surface area contributed by atoms with E-state index in [0.717, 1.165) is 10.9 Å². The Morgan fingerprint density at radius 1 is 1.16 bits per heavy atom. The molecule has 2 amide bonds. The second kappa shape index (κ2) is 7.99. The van der Waals surface area contributed by atoms with Crippen LogP contribution in [0, 0.1) is 0 Å². The lowest BCUT2D eigenvalue weighted by atomic mass is 10.1. The van der Waals surface area contributed by atoms with Gasteiger partial charge in [0.15, 0.2) is 11.0 Å². The first-order valence-corrected chi connectivity index (χ1v) is 11.2. The number of aryl methyl sites for hydroxylation is 1. The van der Waals surface area contributed by atoms with Gasteiger partial charge in [-0.15, -0.1) is 0 Å². The molecule has 0 spiro atoms. The highest BCUT2D eigenvalue weighted by atomic mass is 35.5. The van der Waals surface area contributed by atoms with E-state index in [4.69, 9.17) is 20.5 Å². The third-order valence-electron chi connectivity index (χ3n) is 5.17. The normalized spacial score (nSPS) is 15.3. The maximum absolute atomic E-state index is 13.9. The SMILES string of the molecule is [2H]C([2H])([2H])Oc1ccc(N2C(=O)N(c3ccc4nn(C)cc4c3)Cc3c(Cl)nc(SC)nc32)cc1. The number of nitrogens with zero attached hydrogens (tertiary/aromatic N) is 6. The highest BCUT2D eigenvalue weighted by Crippen LogP contribution is 2.39. The maximum atomic E-state index is 13.9. The molecule has 162 valence electrons. The Labute approximate surface area is 198 Å². The molecule has 0 N–H and O–H groups in total. The first kappa shape index (κ1) is 17.3. The van der Waals surface area contributed by atoms with Crippen LogP contribution in [0.3, 0.4) is 0 Å². The van der Waals surface area contributed by atoms with Gasteiger partial charge in [-0.2, -0.15) is 5.10 Å². The summed E-state index contributed by atoms with van der Waals surface area (Å²) in [4.78, 5) is 25.8. The minimum atomic E-state index is -2.58. The number of urea groups is 1. The van der Waals surface area contributed by atoms with Gasteiger partial charge in [0, 0.05) is 24.3 Å². The number of hydrogen-bond acceptors (Lipinski definition) is 6. The van der Waals surface area contributed by atoms with Crippen molar-refractivity contribution >= 4 is 57.5 Å². The van der Waals surface area contributed by atoms with Crippen molar-refractivity contribution in [2.75, 3.05) is 23.1 Å². The van der Waals surface area contributed by atoms with Crippen molar-refractivity contribution in [3.05, 3.63) is 59.4 Å². The van der Waals surface area contributed by atoms with Crippen molar-refractivity contribution in [3.63, 3.8) is 0 Å². The number of amides is 2. The van der Waals surface area contributed by atoms with E-state index in [1.54, 1.807) is 21.7 Å². The van der Waals surface area contributed by atoms with E-state index in [1.807, 2.05) is 37.7 Å². The molecule has 1 aliphatic rings. The zero-order valence-electron chi connectivity index (χ0n) is 20.1. The van der Waals surface area contributed by atoms with E-state index in [1.165, 1.54) is 28.8 Å². The number of ether oxygens (including phenoxy) is 1. The van der Waals surface area contributed by atoms with Gasteiger partial charge in [-0.3, -0.25) is 9.58 Å². The lowest BCUT2D eigenvalue weighted by molar-refractivity contribution is 0.252. The molecular weight excluding hydrogens is 448 g/mol. The Hall–Kier alpha value is -3.30. The number of methoxy groups -OCH3 is 1. The molecule has 4 aromatic rings. The van der Waals surface area contributed by atoms with Crippen LogP contribution in [-0.2, 0) is 13.6 Å². The molecular formula is C22H19ClN6O2S. The van der Waals surface area contributed by atoms with E-state index in [9.17, 15) is 4.79 Å². The summed E-state index contributed by atoms with van der Waals surface area (Å²) in [6, 6.07) is 11.4. The molecule has 0 fully saturated rings. The number of aromatic nitrogens is 4. The summed E-state index contributed by atoms with van der Waals surface area (Å²) in [5.74, 6) is 0.533. The summed E-state index contributed by atoms with van der Waals surface area (Å²) in [7, 11) is -0.742. The maximum Gasteiger partial charge on any atom is 0.335 e. The summed E-state index contributed by atoms with van der Waals surface area (Å²) in [6.07, 6.45) is 3.70. The average Bonchev–Trinajstić information content (AvgIpc) is 3.17. The Morgan fingerprint density at radius 2 is 1.94 bits per heavy atom.